The number of rotatable bonds is 4. The fourth-order valence-corrected chi connectivity index (χ4v) is 2.82. The summed E-state index contributed by atoms with van der Waals surface area (Å²) in [5, 5.41) is 3.04. The smallest absolute Gasteiger partial charge is 0.241 e. The van der Waals surface area contributed by atoms with Gasteiger partial charge >= 0.3 is 0 Å². The summed E-state index contributed by atoms with van der Waals surface area (Å²) in [5.41, 5.74) is 2.18. The molecule has 1 aromatic carbocycles. The molecule has 4 nitrogen and oxygen atoms in total. The number of hydrogen-bond acceptors (Lipinski definition) is 3. The molecule has 1 heterocycles. The summed E-state index contributed by atoms with van der Waals surface area (Å²) < 4.78 is 0. The molecular weight excluding hydrogens is 274 g/mol. The summed E-state index contributed by atoms with van der Waals surface area (Å²) in [4.78, 5) is 17.1. The van der Waals surface area contributed by atoms with Crippen LogP contribution in [0, 0.1) is 0 Å². The van der Waals surface area contributed by atoms with Crippen molar-refractivity contribution in [2.24, 2.45) is 0 Å². The highest BCUT2D eigenvalue weighted by atomic mass is 16.2. The van der Waals surface area contributed by atoms with Crippen molar-refractivity contribution in [2.45, 2.75) is 39.2 Å². The number of hydrogen-bond donors (Lipinski definition) is 1. The number of carbonyl (C=O) groups is 1. The van der Waals surface area contributed by atoms with Gasteiger partial charge in [0.1, 0.15) is 0 Å². The van der Waals surface area contributed by atoms with Crippen molar-refractivity contribution in [3.8, 4) is 0 Å². The number of benzene rings is 1. The average molecular weight is 303 g/mol. The van der Waals surface area contributed by atoms with E-state index in [1.165, 1.54) is 5.56 Å². The molecule has 1 aliphatic rings. The highest BCUT2D eigenvalue weighted by Gasteiger charge is 2.23. The van der Waals surface area contributed by atoms with Crippen LogP contribution in [0.3, 0.4) is 0 Å². The van der Waals surface area contributed by atoms with E-state index in [9.17, 15) is 4.79 Å². The lowest BCUT2D eigenvalue weighted by Crippen LogP contribution is -2.43. The zero-order chi connectivity index (χ0) is 16.1. The molecule has 1 amide bonds. The quantitative estimate of drug-likeness (QED) is 0.929. The zero-order valence-electron chi connectivity index (χ0n) is 14.3. The van der Waals surface area contributed by atoms with E-state index >= 15 is 0 Å². The van der Waals surface area contributed by atoms with Crippen LogP contribution in [0.5, 0.6) is 0 Å². The van der Waals surface area contributed by atoms with Gasteiger partial charge in [-0.3, -0.25) is 9.69 Å². The highest BCUT2D eigenvalue weighted by Crippen LogP contribution is 2.17. The molecule has 4 heteroatoms. The predicted molar refractivity (Wildman–Crippen MR) is 92.3 cm³/mol. The summed E-state index contributed by atoms with van der Waals surface area (Å²) in [6.07, 6.45) is 1.12. The SMILES string of the molecule is CC(C)c1ccc(NC(=O)C(C)N2CCCN(C)CC2)cc1. The van der Waals surface area contributed by atoms with E-state index in [-0.39, 0.29) is 11.9 Å². The molecule has 1 aliphatic heterocycles. The van der Waals surface area contributed by atoms with Gasteiger partial charge in [0.15, 0.2) is 0 Å². The first-order valence-corrected chi connectivity index (χ1v) is 8.31. The minimum Gasteiger partial charge on any atom is -0.325 e. The molecule has 1 N–H and O–H groups in total. The Morgan fingerprint density at radius 1 is 1.05 bits per heavy atom. The van der Waals surface area contributed by atoms with Crippen LogP contribution in [0.4, 0.5) is 5.69 Å². The van der Waals surface area contributed by atoms with Crippen LogP contribution in [0.1, 0.15) is 38.7 Å². The molecule has 1 atom stereocenters. The Morgan fingerprint density at radius 2 is 1.73 bits per heavy atom. The van der Waals surface area contributed by atoms with Crippen LogP contribution < -0.4 is 5.32 Å². The van der Waals surface area contributed by atoms with Crippen molar-refractivity contribution >= 4 is 11.6 Å². The lowest BCUT2D eigenvalue weighted by Gasteiger charge is -2.26. The number of nitrogens with zero attached hydrogens (tertiary/aromatic N) is 2. The minimum atomic E-state index is -0.0868. The van der Waals surface area contributed by atoms with Gasteiger partial charge in [-0.15, -0.1) is 0 Å². The van der Waals surface area contributed by atoms with Crippen molar-refractivity contribution in [3.05, 3.63) is 29.8 Å². The topological polar surface area (TPSA) is 35.6 Å². The Bertz CT molecular complexity index is 484. The molecule has 1 fully saturated rings. The van der Waals surface area contributed by atoms with E-state index in [0.717, 1.165) is 38.3 Å². The van der Waals surface area contributed by atoms with Gasteiger partial charge < -0.3 is 10.2 Å². The van der Waals surface area contributed by atoms with Crippen molar-refractivity contribution in [1.29, 1.82) is 0 Å². The van der Waals surface area contributed by atoms with Gasteiger partial charge in [0, 0.05) is 25.3 Å². The van der Waals surface area contributed by atoms with Crippen LogP contribution in [0.2, 0.25) is 0 Å². The third-order valence-electron chi connectivity index (χ3n) is 4.53. The molecule has 22 heavy (non-hydrogen) atoms. The summed E-state index contributed by atoms with van der Waals surface area (Å²) in [6.45, 7) is 10.4. The van der Waals surface area contributed by atoms with Crippen molar-refractivity contribution < 1.29 is 4.79 Å². The van der Waals surface area contributed by atoms with E-state index in [0.29, 0.717) is 5.92 Å². The van der Waals surface area contributed by atoms with Crippen LogP contribution in [0.15, 0.2) is 24.3 Å². The molecule has 0 aromatic heterocycles. The molecule has 0 radical (unpaired) electrons. The molecule has 1 saturated heterocycles. The number of amides is 1. The maximum absolute atomic E-state index is 12.5. The Hall–Kier alpha value is -1.39. The average Bonchev–Trinajstić information content (AvgIpc) is 2.71. The van der Waals surface area contributed by atoms with Crippen LogP contribution in [-0.2, 0) is 4.79 Å². The second-order valence-electron chi connectivity index (χ2n) is 6.63. The summed E-state index contributed by atoms with van der Waals surface area (Å²) >= 11 is 0. The molecule has 2 rings (SSSR count). The second-order valence-corrected chi connectivity index (χ2v) is 6.63. The first-order valence-electron chi connectivity index (χ1n) is 8.31. The summed E-state index contributed by atoms with van der Waals surface area (Å²) in [5.74, 6) is 0.597. The van der Waals surface area contributed by atoms with E-state index in [1.807, 2.05) is 19.1 Å². The fraction of sp³-hybridized carbons (Fsp3) is 0.611. The lowest BCUT2D eigenvalue weighted by atomic mass is 10.0. The van der Waals surface area contributed by atoms with Gasteiger partial charge in [-0.1, -0.05) is 26.0 Å². The van der Waals surface area contributed by atoms with Gasteiger partial charge in [-0.25, -0.2) is 0 Å². The van der Waals surface area contributed by atoms with Crippen LogP contribution in [0.25, 0.3) is 0 Å². The van der Waals surface area contributed by atoms with Crippen LogP contribution in [-0.4, -0.2) is 55.0 Å². The zero-order valence-corrected chi connectivity index (χ0v) is 14.3. The number of nitrogens with one attached hydrogen (secondary N) is 1. The van der Waals surface area contributed by atoms with Gasteiger partial charge in [-0.2, -0.15) is 0 Å². The third-order valence-corrected chi connectivity index (χ3v) is 4.53. The van der Waals surface area contributed by atoms with Gasteiger partial charge in [0.2, 0.25) is 5.91 Å². The van der Waals surface area contributed by atoms with Gasteiger partial charge in [0.05, 0.1) is 6.04 Å². The first-order chi connectivity index (χ1) is 10.5. The molecule has 0 bridgehead atoms. The Morgan fingerprint density at radius 3 is 2.36 bits per heavy atom. The van der Waals surface area contributed by atoms with Gasteiger partial charge in [-0.05, 0) is 50.6 Å². The molecule has 1 aromatic rings. The van der Waals surface area contributed by atoms with Gasteiger partial charge in [0.25, 0.3) is 0 Å². The largest absolute Gasteiger partial charge is 0.325 e. The standard InChI is InChI=1S/C18H29N3O/c1-14(2)16-6-8-17(9-7-16)19-18(22)15(3)21-11-5-10-20(4)12-13-21/h6-9,14-15H,5,10-13H2,1-4H3,(H,19,22). The molecule has 122 valence electrons. The number of likely N-dealkylation sites (N-methyl/N-ethyl adjacent to an activating group) is 1. The minimum absolute atomic E-state index is 0.0850. The maximum Gasteiger partial charge on any atom is 0.241 e. The van der Waals surface area contributed by atoms with E-state index in [1.54, 1.807) is 0 Å². The lowest BCUT2D eigenvalue weighted by molar-refractivity contribution is -0.120. The van der Waals surface area contributed by atoms with E-state index in [4.69, 9.17) is 0 Å². The Kier molecular flexibility index (Phi) is 5.98. The molecule has 0 spiro atoms. The normalized spacial score (nSPS) is 19.0. The Balaban J connectivity index is 1.93. The summed E-state index contributed by atoms with van der Waals surface area (Å²) in [6, 6.07) is 8.08. The van der Waals surface area contributed by atoms with Crippen molar-refractivity contribution in [1.82, 2.24) is 9.80 Å². The Labute approximate surface area is 134 Å². The third kappa shape index (κ3) is 4.55. The molecule has 1 unspecified atom stereocenters. The maximum atomic E-state index is 12.5. The van der Waals surface area contributed by atoms with Crippen molar-refractivity contribution in [2.75, 3.05) is 38.5 Å². The monoisotopic (exact) mass is 303 g/mol. The molecular formula is C18H29N3O. The molecule has 0 aliphatic carbocycles. The fourth-order valence-electron chi connectivity index (χ4n) is 2.82. The second kappa shape index (κ2) is 7.75. The highest BCUT2D eigenvalue weighted by molar-refractivity contribution is 5.94. The number of carbonyl (C=O) groups excluding carboxylic acids is 1. The van der Waals surface area contributed by atoms with E-state index in [2.05, 4.69) is 48.1 Å². The summed E-state index contributed by atoms with van der Waals surface area (Å²) in [7, 11) is 2.14. The first kappa shape index (κ1) is 17.0. The van der Waals surface area contributed by atoms with Crippen LogP contribution >= 0.6 is 0 Å². The number of anilines is 1. The predicted octanol–water partition coefficient (Wildman–Crippen LogP) is 2.77. The molecule has 0 saturated carbocycles. The van der Waals surface area contributed by atoms with E-state index < -0.39 is 0 Å². The van der Waals surface area contributed by atoms with Crippen molar-refractivity contribution in [3.63, 3.8) is 0 Å².